The predicted octanol–water partition coefficient (Wildman–Crippen LogP) is 1.23. The fourth-order valence-corrected chi connectivity index (χ4v) is 0.318. The van der Waals surface area contributed by atoms with E-state index in [-0.39, 0.29) is 0 Å². The molecule has 0 saturated heterocycles. The summed E-state index contributed by atoms with van der Waals surface area (Å²) in [5, 5.41) is 23.6. The number of nitrogens with one attached hydrogen (secondary N) is 1. The quantitative estimate of drug-likeness (QED) is 0.546. The van der Waals surface area contributed by atoms with Crippen LogP contribution in [0, 0.1) is 33.5 Å². The molecular weight excluding hydrogens is 126 g/mol. The monoisotopic (exact) mass is 133 g/mol. The van der Waals surface area contributed by atoms with Crippen molar-refractivity contribution in [2.45, 2.75) is 13.8 Å². The van der Waals surface area contributed by atoms with Gasteiger partial charge >= 0.3 is 0 Å². The molecule has 0 radical (unpaired) electrons. The van der Waals surface area contributed by atoms with Crippen LogP contribution in [-0.4, -0.2) is 5.87 Å². The van der Waals surface area contributed by atoms with Crippen LogP contribution in [0.15, 0.2) is 5.57 Å². The summed E-state index contributed by atoms with van der Waals surface area (Å²) in [5.74, 6) is 2.03. The second-order valence-electron chi connectivity index (χ2n) is 2.10. The fraction of sp³-hybridized carbons (Fsp3) is 0.429. The van der Waals surface area contributed by atoms with Gasteiger partial charge in [0.25, 0.3) is 0 Å². The number of hydrogen-bond acceptors (Lipinski definition) is 3. The van der Waals surface area contributed by atoms with Crippen LogP contribution in [0.4, 0.5) is 0 Å². The lowest BCUT2D eigenvalue weighted by molar-refractivity contribution is 0.706. The molecule has 0 unspecified atom stereocenters. The zero-order valence-electron chi connectivity index (χ0n) is 5.89. The van der Waals surface area contributed by atoms with E-state index in [2.05, 4.69) is 0 Å². The highest BCUT2D eigenvalue weighted by molar-refractivity contribution is 5.59. The molecule has 0 aromatic carbocycles. The molecule has 50 valence electrons. The summed E-state index contributed by atoms with van der Waals surface area (Å²) in [5.41, 5.74) is -0.834. The van der Waals surface area contributed by atoms with E-state index in [1.807, 2.05) is 5.87 Å². The third kappa shape index (κ3) is 1.23. The van der Waals surface area contributed by atoms with E-state index in [0.29, 0.717) is 5.57 Å². The summed E-state index contributed by atoms with van der Waals surface area (Å²) in [6.45, 7) is 3.00. The standard InChI is InChI=1S/C7H7N3/c1-6(3-8)7(2,4-9)5-10/h8H,1-2H3. The summed E-state index contributed by atoms with van der Waals surface area (Å²) in [4.78, 5) is 0. The molecule has 0 saturated carbocycles. The Morgan fingerprint density at radius 2 is 1.80 bits per heavy atom. The van der Waals surface area contributed by atoms with Gasteiger partial charge in [-0.2, -0.15) is 10.5 Å². The molecule has 0 atom stereocenters. The summed E-state index contributed by atoms with van der Waals surface area (Å²) in [7, 11) is 0. The zero-order valence-corrected chi connectivity index (χ0v) is 5.89. The molecule has 3 heteroatoms. The second kappa shape index (κ2) is 2.82. The lowest BCUT2D eigenvalue weighted by atomic mass is 9.87. The molecule has 10 heavy (non-hydrogen) atoms. The van der Waals surface area contributed by atoms with Gasteiger partial charge in [-0.15, -0.1) is 0 Å². The van der Waals surface area contributed by atoms with E-state index >= 15 is 0 Å². The van der Waals surface area contributed by atoms with Crippen LogP contribution in [0.1, 0.15) is 13.8 Å². The minimum atomic E-state index is -1.18. The number of allylic oxidation sites excluding steroid dienone is 1. The van der Waals surface area contributed by atoms with Crippen LogP contribution in [0.25, 0.3) is 0 Å². The molecule has 0 heterocycles. The van der Waals surface area contributed by atoms with Crippen LogP contribution in [0.5, 0.6) is 0 Å². The number of nitrogens with zero attached hydrogens (tertiary/aromatic N) is 2. The van der Waals surface area contributed by atoms with E-state index in [1.165, 1.54) is 6.92 Å². The van der Waals surface area contributed by atoms with Crippen LogP contribution in [0.2, 0.25) is 0 Å². The van der Waals surface area contributed by atoms with Gasteiger partial charge in [0.05, 0.1) is 12.1 Å². The first kappa shape index (κ1) is 8.43. The van der Waals surface area contributed by atoms with Gasteiger partial charge in [0.2, 0.25) is 0 Å². The predicted molar refractivity (Wildman–Crippen MR) is 36.2 cm³/mol. The molecule has 0 bridgehead atoms. The third-order valence-corrected chi connectivity index (χ3v) is 1.38. The largest absolute Gasteiger partial charge is 0.259 e. The Balaban J connectivity index is 4.95. The smallest absolute Gasteiger partial charge is 0.170 e. The SMILES string of the molecule is CC(=C=N)C(C)(C#N)C#N. The van der Waals surface area contributed by atoms with E-state index in [9.17, 15) is 0 Å². The van der Waals surface area contributed by atoms with Crippen LogP contribution < -0.4 is 0 Å². The van der Waals surface area contributed by atoms with Crippen molar-refractivity contribution in [3.63, 3.8) is 0 Å². The first-order chi connectivity index (χ1) is 4.60. The molecule has 0 aliphatic rings. The van der Waals surface area contributed by atoms with Gasteiger partial charge in [0.1, 0.15) is 0 Å². The van der Waals surface area contributed by atoms with Gasteiger partial charge in [0.15, 0.2) is 5.41 Å². The van der Waals surface area contributed by atoms with Gasteiger partial charge < -0.3 is 0 Å². The molecule has 0 aliphatic carbocycles. The minimum Gasteiger partial charge on any atom is -0.259 e. The molecule has 0 spiro atoms. The molecular formula is C7H7N3. The van der Waals surface area contributed by atoms with Gasteiger partial charge in [-0.25, -0.2) is 0 Å². The summed E-state index contributed by atoms with van der Waals surface area (Å²) >= 11 is 0. The van der Waals surface area contributed by atoms with Crippen LogP contribution >= 0.6 is 0 Å². The Morgan fingerprint density at radius 1 is 1.40 bits per heavy atom. The van der Waals surface area contributed by atoms with Crippen molar-refractivity contribution in [3.05, 3.63) is 5.57 Å². The average Bonchev–Trinajstić information content (AvgIpc) is 2.01. The molecule has 3 nitrogen and oxygen atoms in total. The van der Waals surface area contributed by atoms with Gasteiger partial charge in [-0.05, 0) is 19.7 Å². The lowest BCUT2D eigenvalue weighted by Crippen LogP contribution is -2.12. The highest BCUT2D eigenvalue weighted by Crippen LogP contribution is 2.21. The molecule has 0 fully saturated rings. The number of rotatable bonds is 1. The van der Waals surface area contributed by atoms with Crippen molar-refractivity contribution in [1.82, 2.24) is 0 Å². The van der Waals surface area contributed by atoms with E-state index in [1.54, 1.807) is 19.1 Å². The minimum absolute atomic E-state index is 0.345. The van der Waals surface area contributed by atoms with Crippen molar-refractivity contribution in [1.29, 1.82) is 15.9 Å². The number of hydrogen-bond donors (Lipinski definition) is 1. The summed E-state index contributed by atoms with van der Waals surface area (Å²) in [6, 6.07) is 3.60. The number of nitriles is 2. The first-order valence-corrected chi connectivity index (χ1v) is 2.70. The van der Waals surface area contributed by atoms with Gasteiger partial charge in [-0.1, -0.05) is 0 Å². The maximum atomic E-state index is 8.47. The maximum Gasteiger partial charge on any atom is 0.170 e. The van der Waals surface area contributed by atoms with Gasteiger partial charge in [-0.3, -0.25) is 5.41 Å². The van der Waals surface area contributed by atoms with E-state index in [4.69, 9.17) is 15.9 Å². The molecule has 1 N–H and O–H groups in total. The topological polar surface area (TPSA) is 71.4 Å². The van der Waals surface area contributed by atoms with Crippen LogP contribution in [0.3, 0.4) is 0 Å². The molecule has 0 aliphatic heterocycles. The highest BCUT2D eigenvalue weighted by atomic mass is 14.4. The Morgan fingerprint density at radius 3 is 1.90 bits per heavy atom. The molecule has 0 amide bonds. The van der Waals surface area contributed by atoms with Crippen molar-refractivity contribution >= 4 is 5.87 Å². The Bertz CT molecular complexity index is 244. The first-order valence-electron chi connectivity index (χ1n) is 2.70. The molecule has 0 rings (SSSR count). The molecule has 0 aromatic heterocycles. The Kier molecular flexibility index (Phi) is 2.38. The van der Waals surface area contributed by atoms with Crippen molar-refractivity contribution in [2.75, 3.05) is 0 Å². The fourth-order valence-electron chi connectivity index (χ4n) is 0.318. The Labute approximate surface area is 59.7 Å². The maximum absolute atomic E-state index is 8.47. The van der Waals surface area contributed by atoms with Gasteiger partial charge in [0, 0.05) is 5.57 Å². The van der Waals surface area contributed by atoms with Crippen molar-refractivity contribution in [3.8, 4) is 12.1 Å². The highest BCUT2D eigenvalue weighted by Gasteiger charge is 2.25. The van der Waals surface area contributed by atoms with Crippen LogP contribution in [-0.2, 0) is 0 Å². The normalized spacial score (nSPS) is 8.80. The molecule has 0 aromatic rings. The van der Waals surface area contributed by atoms with E-state index < -0.39 is 5.41 Å². The third-order valence-electron chi connectivity index (χ3n) is 1.38. The second-order valence-corrected chi connectivity index (χ2v) is 2.10. The lowest BCUT2D eigenvalue weighted by Gasteiger charge is -2.08. The van der Waals surface area contributed by atoms with E-state index in [0.717, 1.165) is 0 Å². The zero-order chi connectivity index (χ0) is 8.20. The summed E-state index contributed by atoms with van der Waals surface area (Å²) < 4.78 is 0. The van der Waals surface area contributed by atoms with Crippen molar-refractivity contribution < 1.29 is 0 Å². The summed E-state index contributed by atoms with van der Waals surface area (Å²) in [6.07, 6.45) is 0. The Hall–Kier alpha value is -1.57. The average molecular weight is 133 g/mol. The van der Waals surface area contributed by atoms with Crippen molar-refractivity contribution in [2.24, 2.45) is 5.41 Å².